The molecule has 6 heteroatoms. The highest BCUT2D eigenvalue weighted by Gasteiger charge is 2.45. The maximum absolute atomic E-state index is 10.4. The number of benzene rings is 1. The van der Waals surface area contributed by atoms with E-state index in [0.29, 0.717) is 32.6 Å². The second kappa shape index (κ2) is 9.02. The summed E-state index contributed by atoms with van der Waals surface area (Å²) in [5.74, 6) is 0.799. The molecule has 0 aromatic heterocycles. The topological polar surface area (TPSA) is 62.2 Å². The Morgan fingerprint density at radius 3 is 2.27 bits per heavy atom. The van der Waals surface area contributed by atoms with Crippen molar-refractivity contribution < 1.29 is 19.7 Å². The minimum atomic E-state index is -0.573. The summed E-state index contributed by atoms with van der Waals surface area (Å²) in [6, 6.07) is 7.65. The molecule has 2 N–H and O–H groups in total. The van der Waals surface area contributed by atoms with E-state index in [0.717, 1.165) is 10.2 Å². The third-order valence-electron chi connectivity index (χ3n) is 4.95. The van der Waals surface area contributed by atoms with E-state index >= 15 is 0 Å². The monoisotopic (exact) mass is 429 g/mol. The number of hydrogen-bond acceptors (Lipinski definition) is 5. The van der Waals surface area contributed by atoms with E-state index in [1.807, 2.05) is 24.3 Å². The molecule has 0 amide bonds. The Bertz CT molecular complexity index is 543. The van der Waals surface area contributed by atoms with Crippen molar-refractivity contribution in [3.63, 3.8) is 0 Å². The molecule has 26 heavy (non-hydrogen) atoms. The van der Waals surface area contributed by atoms with Gasteiger partial charge in [-0.05, 0) is 64.8 Å². The summed E-state index contributed by atoms with van der Waals surface area (Å²) in [5.41, 5.74) is -0.320. The quantitative estimate of drug-likeness (QED) is 0.621. The van der Waals surface area contributed by atoms with Gasteiger partial charge >= 0.3 is 0 Å². The van der Waals surface area contributed by atoms with Crippen LogP contribution in [0.2, 0.25) is 0 Å². The van der Waals surface area contributed by atoms with Gasteiger partial charge in [0.15, 0.2) is 0 Å². The van der Waals surface area contributed by atoms with E-state index in [1.54, 1.807) is 0 Å². The smallest absolute Gasteiger partial charge is 0.119 e. The highest BCUT2D eigenvalue weighted by molar-refractivity contribution is 9.10. The summed E-state index contributed by atoms with van der Waals surface area (Å²) in [5, 5.41) is 20.5. The summed E-state index contributed by atoms with van der Waals surface area (Å²) < 4.78 is 12.2. The third kappa shape index (κ3) is 6.20. The van der Waals surface area contributed by atoms with Gasteiger partial charge in [0.2, 0.25) is 0 Å². The number of ether oxygens (including phenoxy) is 2. The number of aliphatic hydroxyl groups excluding tert-OH is 2. The zero-order valence-electron chi connectivity index (χ0n) is 16.2. The zero-order valence-corrected chi connectivity index (χ0v) is 17.8. The lowest BCUT2D eigenvalue weighted by Crippen LogP contribution is -2.63. The van der Waals surface area contributed by atoms with Crippen molar-refractivity contribution in [3.05, 3.63) is 28.7 Å². The lowest BCUT2D eigenvalue weighted by Gasteiger charge is -2.55. The van der Waals surface area contributed by atoms with E-state index in [-0.39, 0.29) is 23.8 Å². The van der Waals surface area contributed by atoms with Crippen LogP contribution in [0, 0.1) is 0 Å². The minimum absolute atomic E-state index is 0.160. The highest BCUT2D eigenvalue weighted by Crippen LogP contribution is 2.38. The van der Waals surface area contributed by atoms with E-state index < -0.39 is 6.10 Å². The van der Waals surface area contributed by atoms with Crippen molar-refractivity contribution in [1.29, 1.82) is 0 Å². The van der Waals surface area contributed by atoms with Crippen LogP contribution in [-0.4, -0.2) is 64.8 Å². The number of piperidine rings is 1. The Morgan fingerprint density at radius 2 is 1.69 bits per heavy atom. The van der Waals surface area contributed by atoms with Gasteiger partial charge in [-0.25, -0.2) is 0 Å². The van der Waals surface area contributed by atoms with Gasteiger partial charge in [0.05, 0.1) is 25.4 Å². The molecule has 1 aliphatic heterocycles. The normalized spacial score (nSPS) is 21.5. The van der Waals surface area contributed by atoms with Crippen molar-refractivity contribution >= 4 is 15.9 Å². The van der Waals surface area contributed by atoms with E-state index in [2.05, 4.69) is 48.5 Å². The van der Waals surface area contributed by atoms with E-state index in [4.69, 9.17) is 9.47 Å². The second-order valence-electron chi connectivity index (χ2n) is 8.33. The van der Waals surface area contributed by atoms with Gasteiger partial charge in [0.25, 0.3) is 0 Å². The van der Waals surface area contributed by atoms with Crippen LogP contribution in [0.15, 0.2) is 28.7 Å². The molecule has 1 heterocycles. The van der Waals surface area contributed by atoms with Crippen LogP contribution in [0.5, 0.6) is 5.75 Å². The molecular weight excluding hydrogens is 398 g/mol. The van der Waals surface area contributed by atoms with Gasteiger partial charge < -0.3 is 19.7 Å². The Kier molecular flexibility index (Phi) is 7.51. The molecule has 0 aliphatic carbocycles. The molecule has 1 aromatic carbocycles. The van der Waals surface area contributed by atoms with Crippen LogP contribution in [-0.2, 0) is 4.74 Å². The molecule has 2 rings (SSSR count). The fraction of sp³-hybridized carbons (Fsp3) is 0.700. The van der Waals surface area contributed by atoms with Crippen LogP contribution in [0.3, 0.4) is 0 Å². The molecule has 0 spiro atoms. The predicted octanol–water partition coefficient (Wildman–Crippen LogP) is 3.22. The molecule has 148 valence electrons. The molecule has 0 unspecified atom stereocenters. The molecule has 1 fully saturated rings. The summed E-state index contributed by atoms with van der Waals surface area (Å²) >= 11 is 3.39. The van der Waals surface area contributed by atoms with Gasteiger partial charge in [-0.15, -0.1) is 0 Å². The van der Waals surface area contributed by atoms with Gasteiger partial charge in [0, 0.05) is 22.1 Å². The SMILES string of the molecule is CC1(C)CC(O)CC(C)(C)N1C[C@@H](O)COCCOc1ccc(Br)cc1. The second-order valence-corrected chi connectivity index (χ2v) is 9.24. The molecule has 5 nitrogen and oxygen atoms in total. The van der Waals surface area contributed by atoms with Crippen LogP contribution in [0.25, 0.3) is 0 Å². The summed E-state index contributed by atoms with van der Waals surface area (Å²) in [7, 11) is 0. The van der Waals surface area contributed by atoms with Crippen molar-refractivity contribution in [2.75, 3.05) is 26.4 Å². The van der Waals surface area contributed by atoms with Crippen molar-refractivity contribution in [2.45, 2.75) is 63.8 Å². The Hall–Kier alpha value is -0.660. The maximum Gasteiger partial charge on any atom is 0.119 e. The first-order valence-corrected chi connectivity index (χ1v) is 9.99. The first-order chi connectivity index (χ1) is 12.1. The number of halogens is 1. The average Bonchev–Trinajstić information content (AvgIpc) is 2.51. The summed E-state index contributed by atoms with van der Waals surface area (Å²) in [4.78, 5) is 2.29. The molecule has 1 aromatic rings. The number of hydrogen-bond donors (Lipinski definition) is 2. The van der Waals surface area contributed by atoms with Gasteiger partial charge in [-0.3, -0.25) is 4.90 Å². The van der Waals surface area contributed by atoms with Crippen molar-refractivity contribution in [3.8, 4) is 5.75 Å². The van der Waals surface area contributed by atoms with Crippen LogP contribution in [0.1, 0.15) is 40.5 Å². The minimum Gasteiger partial charge on any atom is -0.491 e. The van der Waals surface area contributed by atoms with Gasteiger partial charge in [-0.2, -0.15) is 0 Å². The summed E-state index contributed by atoms with van der Waals surface area (Å²) in [6.07, 6.45) is 0.563. The van der Waals surface area contributed by atoms with Crippen LogP contribution in [0.4, 0.5) is 0 Å². The number of β-amino-alcohol motifs (C(OH)–C–C–N with tert-alkyl or cyclic N) is 1. The van der Waals surface area contributed by atoms with E-state index in [9.17, 15) is 10.2 Å². The number of likely N-dealkylation sites (tertiary alicyclic amines) is 1. The number of aliphatic hydroxyl groups is 2. The van der Waals surface area contributed by atoms with E-state index in [1.165, 1.54) is 0 Å². The molecule has 0 radical (unpaired) electrons. The maximum atomic E-state index is 10.4. The number of rotatable bonds is 8. The fourth-order valence-electron chi connectivity index (χ4n) is 3.99. The first kappa shape index (κ1) is 21.6. The van der Waals surface area contributed by atoms with Crippen molar-refractivity contribution in [2.24, 2.45) is 0 Å². The highest BCUT2D eigenvalue weighted by atomic mass is 79.9. The predicted molar refractivity (Wildman–Crippen MR) is 107 cm³/mol. The average molecular weight is 430 g/mol. The van der Waals surface area contributed by atoms with Gasteiger partial charge in [-0.1, -0.05) is 15.9 Å². The Balaban J connectivity index is 1.72. The molecule has 0 bridgehead atoms. The largest absolute Gasteiger partial charge is 0.491 e. The molecular formula is C20H32BrNO4. The third-order valence-corrected chi connectivity index (χ3v) is 5.47. The van der Waals surface area contributed by atoms with Crippen LogP contribution >= 0.6 is 15.9 Å². The van der Waals surface area contributed by atoms with Crippen LogP contribution < -0.4 is 4.74 Å². The number of nitrogens with zero attached hydrogens (tertiary/aromatic N) is 1. The lowest BCUT2D eigenvalue weighted by molar-refractivity contribution is -0.105. The van der Waals surface area contributed by atoms with Crippen molar-refractivity contribution in [1.82, 2.24) is 4.90 Å². The lowest BCUT2D eigenvalue weighted by atomic mass is 9.78. The summed E-state index contributed by atoms with van der Waals surface area (Å²) in [6.45, 7) is 10.2. The molecule has 1 atom stereocenters. The molecule has 1 aliphatic rings. The Labute approximate surface area is 165 Å². The van der Waals surface area contributed by atoms with Gasteiger partial charge in [0.1, 0.15) is 12.4 Å². The Morgan fingerprint density at radius 1 is 1.12 bits per heavy atom. The fourth-order valence-corrected chi connectivity index (χ4v) is 4.26. The standard InChI is InChI=1S/C20H32BrNO4/c1-19(2)11-16(23)12-20(3,4)22(19)13-17(24)14-25-9-10-26-18-7-5-15(21)6-8-18/h5-8,16-17,23-24H,9-14H2,1-4H3/t17-/m1/s1. The first-order valence-electron chi connectivity index (χ1n) is 9.20. The molecule has 0 saturated carbocycles. The molecule has 1 saturated heterocycles. The zero-order chi connectivity index (χ0) is 19.4.